The monoisotopic (exact) mass is 250 g/mol. The molecule has 0 aromatic heterocycles. The number of carbonyl (C=O) groups is 1. The molecule has 3 atom stereocenters. The maximum Gasteiger partial charge on any atom is 0.338 e. The second kappa shape index (κ2) is 5.98. The molecule has 0 bridgehead atoms. The van der Waals surface area contributed by atoms with Crippen molar-refractivity contribution < 1.29 is 19.4 Å². The summed E-state index contributed by atoms with van der Waals surface area (Å²) in [6.07, 6.45) is 0.0843. The molecule has 0 saturated carbocycles. The van der Waals surface area contributed by atoms with E-state index in [0.29, 0.717) is 18.8 Å². The normalized spacial score (nSPS) is 24.8. The minimum absolute atomic E-state index is 0.0496. The van der Waals surface area contributed by atoms with Gasteiger partial charge >= 0.3 is 5.97 Å². The zero-order chi connectivity index (χ0) is 13.0. The van der Waals surface area contributed by atoms with Gasteiger partial charge in [0.2, 0.25) is 0 Å². The quantitative estimate of drug-likeness (QED) is 0.828. The van der Waals surface area contributed by atoms with E-state index in [1.165, 1.54) is 0 Å². The van der Waals surface area contributed by atoms with Crippen molar-refractivity contribution in [3.63, 3.8) is 0 Å². The molecule has 1 saturated heterocycles. The maximum absolute atomic E-state index is 11.7. The number of benzene rings is 1. The fourth-order valence-electron chi connectivity index (χ4n) is 2.14. The van der Waals surface area contributed by atoms with Gasteiger partial charge in [0.25, 0.3) is 0 Å². The van der Waals surface area contributed by atoms with E-state index >= 15 is 0 Å². The highest BCUT2D eigenvalue weighted by Crippen LogP contribution is 2.26. The van der Waals surface area contributed by atoms with Crippen molar-refractivity contribution in [3.05, 3.63) is 35.9 Å². The van der Waals surface area contributed by atoms with Crippen LogP contribution in [0.3, 0.4) is 0 Å². The summed E-state index contributed by atoms with van der Waals surface area (Å²) < 4.78 is 10.3. The summed E-state index contributed by atoms with van der Waals surface area (Å²) in [5.74, 6) is -0.181. The van der Waals surface area contributed by atoms with Crippen LogP contribution in [0.2, 0.25) is 0 Å². The molecular formula is C14H18O4. The van der Waals surface area contributed by atoms with Gasteiger partial charge in [0.05, 0.1) is 18.8 Å². The van der Waals surface area contributed by atoms with Gasteiger partial charge in [-0.05, 0) is 24.5 Å². The Hall–Kier alpha value is -1.39. The number of esters is 1. The van der Waals surface area contributed by atoms with E-state index in [-0.39, 0.29) is 17.8 Å². The molecular weight excluding hydrogens is 232 g/mol. The third-order valence-corrected chi connectivity index (χ3v) is 3.32. The second-order valence-electron chi connectivity index (χ2n) is 4.66. The molecule has 1 aromatic rings. The van der Waals surface area contributed by atoms with Crippen molar-refractivity contribution in [1.82, 2.24) is 0 Å². The molecule has 4 nitrogen and oxygen atoms in total. The average molecular weight is 250 g/mol. The first kappa shape index (κ1) is 13.1. The molecule has 1 N–H and O–H groups in total. The van der Waals surface area contributed by atoms with Gasteiger partial charge in [-0.1, -0.05) is 25.1 Å². The van der Waals surface area contributed by atoms with E-state index in [1.807, 2.05) is 13.0 Å². The maximum atomic E-state index is 11.7. The molecule has 98 valence electrons. The van der Waals surface area contributed by atoms with Crippen LogP contribution < -0.4 is 0 Å². The highest BCUT2D eigenvalue weighted by Gasteiger charge is 2.31. The van der Waals surface area contributed by atoms with Crippen LogP contribution in [-0.4, -0.2) is 30.6 Å². The first-order valence-electron chi connectivity index (χ1n) is 6.20. The summed E-state index contributed by atoms with van der Waals surface area (Å²) in [5.41, 5.74) is 0.549. The number of aliphatic hydroxyl groups is 1. The SMILES string of the molecule is C[C@H](COC(=O)c1ccccc1)C1CCOC1O. The first-order chi connectivity index (χ1) is 8.68. The minimum atomic E-state index is -0.726. The Labute approximate surface area is 107 Å². The van der Waals surface area contributed by atoms with Crippen molar-refractivity contribution in [2.75, 3.05) is 13.2 Å². The number of aliphatic hydroxyl groups excluding tert-OH is 1. The fraction of sp³-hybridized carbons (Fsp3) is 0.500. The smallest absolute Gasteiger partial charge is 0.338 e. The number of carbonyl (C=O) groups excluding carboxylic acids is 1. The van der Waals surface area contributed by atoms with Crippen molar-refractivity contribution in [2.24, 2.45) is 11.8 Å². The van der Waals surface area contributed by atoms with Crippen LogP contribution in [0, 0.1) is 11.8 Å². The van der Waals surface area contributed by atoms with Crippen LogP contribution in [-0.2, 0) is 9.47 Å². The van der Waals surface area contributed by atoms with Crippen molar-refractivity contribution in [3.8, 4) is 0 Å². The summed E-state index contributed by atoms with van der Waals surface area (Å²) in [4.78, 5) is 11.7. The Morgan fingerprint density at radius 1 is 1.50 bits per heavy atom. The number of hydrogen-bond donors (Lipinski definition) is 1. The molecule has 0 spiro atoms. The molecule has 2 unspecified atom stereocenters. The Balaban J connectivity index is 1.83. The van der Waals surface area contributed by atoms with Gasteiger partial charge in [0.15, 0.2) is 6.29 Å². The lowest BCUT2D eigenvalue weighted by Gasteiger charge is -2.20. The predicted octanol–water partition coefficient (Wildman–Crippen LogP) is 1.83. The molecule has 4 heteroatoms. The summed E-state index contributed by atoms with van der Waals surface area (Å²) in [6, 6.07) is 8.90. The molecule has 0 amide bonds. The van der Waals surface area contributed by atoms with Crippen LogP contribution in [0.5, 0.6) is 0 Å². The Bertz CT molecular complexity index is 390. The third kappa shape index (κ3) is 3.09. The van der Waals surface area contributed by atoms with E-state index in [0.717, 1.165) is 6.42 Å². The molecule has 2 rings (SSSR count). The van der Waals surface area contributed by atoms with Gasteiger partial charge in [-0.25, -0.2) is 4.79 Å². The number of rotatable bonds is 4. The van der Waals surface area contributed by atoms with Crippen molar-refractivity contribution in [1.29, 1.82) is 0 Å². The van der Waals surface area contributed by atoms with Crippen LogP contribution in [0.15, 0.2) is 30.3 Å². The standard InChI is InChI=1S/C14H18O4/c1-10(12-7-8-17-14(12)16)9-18-13(15)11-5-3-2-4-6-11/h2-6,10,12,14,16H,7-9H2,1H3/t10-,12?,14?/m1/s1. The molecule has 1 aliphatic heterocycles. The Kier molecular flexibility index (Phi) is 4.33. The molecule has 1 fully saturated rings. The van der Waals surface area contributed by atoms with Gasteiger partial charge in [0.1, 0.15) is 0 Å². The minimum Gasteiger partial charge on any atom is -0.462 e. The van der Waals surface area contributed by atoms with Gasteiger partial charge in [-0.3, -0.25) is 0 Å². The number of hydrogen-bond acceptors (Lipinski definition) is 4. The van der Waals surface area contributed by atoms with E-state index in [4.69, 9.17) is 9.47 Å². The van der Waals surface area contributed by atoms with Gasteiger partial charge in [0, 0.05) is 5.92 Å². The number of ether oxygens (including phenoxy) is 2. The topological polar surface area (TPSA) is 55.8 Å². The van der Waals surface area contributed by atoms with Crippen LogP contribution in [0.1, 0.15) is 23.7 Å². The van der Waals surface area contributed by atoms with Crippen molar-refractivity contribution >= 4 is 5.97 Å². The van der Waals surface area contributed by atoms with Gasteiger partial charge in [-0.15, -0.1) is 0 Å². The van der Waals surface area contributed by atoms with Crippen LogP contribution >= 0.6 is 0 Å². The average Bonchev–Trinajstić information content (AvgIpc) is 2.83. The van der Waals surface area contributed by atoms with Gasteiger partial charge < -0.3 is 14.6 Å². The van der Waals surface area contributed by atoms with Crippen LogP contribution in [0.25, 0.3) is 0 Å². The molecule has 1 aliphatic rings. The Morgan fingerprint density at radius 3 is 2.83 bits per heavy atom. The Morgan fingerprint density at radius 2 is 2.22 bits per heavy atom. The lowest BCUT2D eigenvalue weighted by Crippen LogP contribution is -2.26. The zero-order valence-corrected chi connectivity index (χ0v) is 10.4. The summed E-state index contributed by atoms with van der Waals surface area (Å²) in [6.45, 7) is 2.84. The molecule has 0 aliphatic carbocycles. The molecule has 1 heterocycles. The summed E-state index contributed by atoms with van der Waals surface area (Å²) >= 11 is 0. The lowest BCUT2D eigenvalue weighted by molar-refractivity contribution is -0.0956. The van der Waals surface area contributed by atoms with E-state index < -0.39 is 6.29 Å². The largest absolute Gasteiger partial charge is 0.462 e. The molecule has 18 heavy (non-hydrogen) atoms. The fourth-order valence-corrected chi connectivity index (χ4v) is 2.14. The van der Waals surface area contributed by atoms with E-state index in [1.54, 1.807) is 24.3 Å². The summed E-state index contributed by atoms with van der Waals surface area (Å²) in [7, 11) is 0. The highest BCUT2D eigenvalue weighted by atomic mass is 16.6. The summed E-state index contributed by atoms with van der Waals surface area (Å²) in [5, 5.41) is 9.58. The van der Waals surface area contributed by atoms with Crippen molar-refractivity contribution in [2.45, 2.75) is 19.6 Å². The predicted molar refractivity (Wildman–Crippen MR) is 66.0 cm³/mol. The third-order valence-electron chi connectivity index (χ3n) is 3.32. The molecule has 1 aromatic carbocycles. The first-order valence-corrected chi connectivity index (χ1v) is 6.20. The highest BCUT2D eigenvalue weighted by molar-refractivity contribution is 5.89. The second-order valence-corrected chi connectivity index (χ2v) is 4.66. The van der Waals surface area contributed by atoms with E-state index in [2.05, 4.69) is 0 Å². The van der Waals surface area contributed by atoms with Crippen LogP contribution in [0.4, 0.5) is 0 Å². The lowest BCUT2D eigenvalue weighted by atomic mass is 9.93. The van der Waals surface area contributed by atoms with E-state index in [9.17, 15) is 9.90 Å². The van der Waals surface area contributed by atoms with Gasteiger partial charge in [-0.2, -0.15) is 0 Å². The molecule has 0 radical (unpaired) electrons. The zero-order valence-electron chi connectivity index (χ0n) is 10.4.